The van der Waals surface area contributed by atoms with Crippen molar-refractivity contribution < 1.29 is 9.53 Å². The third-order valence-corrected chi connectivity index (χ3v) is 2.94. The van der Waals surface area contributed by atoms with Gasteiger partial charge in [0.25, 0.3) is 0 Å². The number of ether oxygens (including phenoxy) is 1. The van der Waals surface area contributed by atoms with Gasteiger partial charge in [0.2, 0.25) is 0 Å². The number of carbonyl (C=O) groups excluding carboxylic acids is 1. The minimum absolute atomic E-state index is 0.319. The molecule has 1 amide bonds. The number of alkyl carbamates (subject to hydrolysis) is 1. The summed E-state index contributed by atoms with van der Waals surface area (Å²) in [5.74, 6) is 0. The summed E-state index contributed by atoms with van der Waals surface area (Å²) in [5, 5.41) is 2.44. The quantitative estimate of drug-likeness (QED) is 0.550. The Kier molecular flexibility index (Phi) is 12.8. The smallest absolute Gasteiger partial charge is 0.406 e. The molecule has 0 radical (unpaired) electrons. The second-order valence-electron chi connectivity index (χ2n) is 4.57. The molecule has 1 N–H and O–H groups in total. The van der Waals surface area contributed by atoms with Crippen LogP contribution in [-0.4, -0.2) is 19.7 Å². The maximum atomic E-state index is 10.7. The summed E-state index contributed by atoms with van der Waals surface area (Å²) in [6, 6.07) is 0. The highest BCUT2D eigenvalue weighted by molar-refractivity contribution is 5.66. The fourth-order valence-electron chi connectivity index (χ4n) is 1.83. The Hall–Kier alpha value is -0.730. The first-order valence-electron chi connectivity index (χ1n) is 7.15. The molecule has 0 bridgehead atoms. The molecule has 0 rings (SSSR count). The van der Waals surface area contributed by atoms with Crippen LogP contribution >= 0.6 is 0 Å². The number of nitrogens with one attached hydrogen (secondary N) is 1. The average molecular weight is 243 g/mol. The van der Waals surface area contributed by atoms with Crippen molar-refractivity contribution in [1.82, 2.24) is 5.32 Å². The molecule has 102 valence electrons. The number of hydrogen-bond donors (Lipinski definition) is 1. The second kappa shape index (κ2) is 13.3. The lowest BCUT2D eigenvalue weighted by atomic mass is 10.1. The first-order chi connectivity index (χ1) is 8.31. The van der Waals surface area contributed by atoms with Gasteiger partial charge in [-0.3, -0.25) is 0 Å². The largest absolute Gasteiger partial charge is 0.450 e. The summed E-state index contributed by atoms with van der Waals surface area (Å²) in [4.78, 5) is 10.7. The van der Waals surface area contributed by atoms with Gasteiger partial charge in [0, 0.05) is 7.05 Å². The van der Waals surface area contributed by atoms with E-state index in [-0.39, 0.29) is 6.09 Å². The zero-order valence-electron chi connectivity index (χ0n) is 11.6. The zero-order valence-corrected chi connectivity index (χ0v) is 11.6. The van der Waals surface area contributed by atoms with Crippen molar-refractivity contribution in [3.05, 3.63) is 0 Å². The summed E-state index contributed by atoms with van der Waals surface area (Å²) < 4.78 is 4.91. The Morgan fingerprint density at radius 2 is 1.35 bits per heavy atom. The number of amides is 1. The Morgan fingerprint density at radius 3 is 1.82 bits per heavy atom. The van der Waals surface area contributed by atoms with Crippen molar-refractivity contribution in [1.29, 1.82) is 0 Å². The minimum atomic E-state index is -0.319. The van der Waals surface area contributed by atoms with E-state index in [9.17, 15) is 4.79 Å². The lowest BCUT2D eigenvalue weighted by Gasteiger charge is -2.04. The first kappa shape index (κ1) is 16.3. The van der Waals surface area contributed by atoms with Crippen LogP contribution in [0.2, 0.25) is 0 Å². The van der Waals surface area contributed by atoms with Crippen LogP contribution in [0, 0.1) is 0 Å². The molecule has 0 aliphatic heterocycles. The van der Waals surface area contributed by atoms with Gasteiger partial charge in [0.1, 0.15) is 0 Å². The molecule has 0 fully saturated rings. The molecule has 3 nitrogen and oxygen atoms in total. The molecule has 0 atom stereocenters. The molecule has 0 aliphatic rings. The zero-order chi connectivity index (χ0) is 12.8. The average Bonchev–Trinajstić information content (AvgIpc) is 2.35. The predicted molar refractivity (Wildman–Crippen MR) is 72.3 cm³/mol. The van der Waals surface area contributed by atoms with Crippen molar-refractivity contribution in [3.8, 4) is 0 Å². The molecule has 0 spiro atoms. The summed E-state index contributed by atoms with van der Waals surface area (Å²) in [7, 11) is 1.58. The molecule has 0 unspecified atom stereocenters. The van der Waals surface area contributed by atoms with Gasteiger partial charge in [-0.15, -0.1) is 0 Å². The van der Waals surface area contributed by atoms with Crippen LogP contribution in [-0.2, 0) is 4.74 Å². The van der Waals surface area contributed by atoms with Crippen LogP contribution in [0.25, 0.3) is 0 Å². The Balaban J connectivity index is 2.96. The number of carbonyl (C=O) groups is 1. The lowest BCUT2D eigenvalue weighted by molar-refractivity contribution is 0.146. The molecule has 0 saturated carbocycles. The van der Waals surface area contributed by atoms with Gasteiger partial charge < -0.3 is 10.1 Å². The van der Waals surface area contributed by atoms with Gasteiger partial charge in [0.05, 0.1) is 6.61 Å². The summed E-state index contributed by atoms with van der Waals surface area (Å²) in [6.45, 7) is 2.80. The van der Waals surface area contributed by atoms with Gasteiger partial charge in [-0.1, -0.05) is 64.7 Å². The molecule has 17 heavy (non-hydrogen) atoms. The Labute approximate surface area is 106 Å². The number of hydrogen-bond acceptors (Lipinski definition) is 2. The number of unbranched alkanes of at least 4 members (excludes halogenated alkanes) is 9. The van der Waals surface area contributed by atoms with Crippen molar-refractivity contribution in [2.45, 2.75) is 71.1 Å². The third-order valence-electron chi connectivity index (χ3n) is 2.94. The van der Waals surface area contributed by atoms with Crippen LogP contribution < -0.4 is 5.32 Å². The highest BCUT2D eigenvalue weighted by Crippen LogP contribution is 2.10. The maximum absolute atomic E-state index is 10.7. The Morgan fingerprint density at radius 1 is 0.882 bits per heavy atom. The fraction of sp³-hybridized carbons (Fsp3) is 0.929. The van der Waals surface area contributed by atoms with E-state index >= 15 is 0 Å². The van der Waals surface area contributed by atoms with E-state index in [1.165, 1.54) is 57.8 Å². The van der Waals surface area contributed by atoms with E-state index in [0.717, 1.165) is 6.42 Å². The highest BCUT2D eigenvalue weighted by Gasteiger charge is 1.96. The van der Waals surface area contributed by atoms with Gasteiger partial charge >= 0.3 is 6.09 Å². The van der Waals surface area contributed by atoms with Gasteiger partial charge in [-0.25, -0.2) is 4.79 Å². The van der Waals surface area contributed by atoms with E-state index in [0.29, 0.717) is 6.61 Å². The van der Waals surface area contributed by atoms with E-state index < -0.39 is 0 Å². The second-order valence-corrected chi connectivity index (χ2v) is 4.57. The van der Waals surface area contributed by atoms with Crippen molar-refractivity contribution in [3.63, 3.8) is 0 Å². The van der Waals surface area contributed by atoms with Crippen LogP contribution in [0.3, 0.4) is 0 Å². The topological polar surface area (TPSA) is 38.3 Å². The van der Waals surface area contributed by atoms with Crippen molar-refractivity contribution >= 4 is 6.09 Å². The molecule has 0 aliphatic carbocycles. The number of rotatable bonds is 11. The van der Waals surface area contributed by atoms with E-state index in [2.05, 4.69) is 12.2 Å². The molecular weight excluding hydrogens is 214 g/mol. The van der Waals surface area contributed by atoms with Gasteiger partial charge in [-0.05, 0) is 6.42 Å². The highest BCUT2D eigenvalue weighted by atomic mass is 16.5. The van der Waals surface area contributed by atoms with Crippen molar-refractivity contribution in [2.75, 3.05) is 13.7 Å². The van der Waals surface area contributed by atoms with Gasteiger partial charge in [0.15, 0.2) is 0 Å². The lowest BCUT2D eigenvalue weighted by Crippen LogP contribution is -2.19. The van der Waals surface area contributed by atoms with Crippen LogP contribution in [0.15, 0.2) is 0 Å². The molecule has 3 heteroatoms. The molecule has 0 heterocycles. The van der Waals surface area contributed by atoms with Crippen LogP contribution in [0.1, 0.15) is 71.1 Å². The normalized spacial score (nSPS) is 10.2. The summed E-state index contributed by atoms with van der Waals surface area (Å²) in [6.07, 6.45) is 12.7. The van der Waals surface area contributed by atoms with Crippen LogP contribution in [0.4, 0.5) is 4.79 Å². The fourth-order valence-corrected chi connectivity index (χ4v) is 1.83. The van der Waals surface area contributed by atoms with E-state index in [4.69, 9.17) is 4.74 Å². The third kappa shape index (κ3) is 13.2. The van der Waals surface area contributed by atoms with E-state index in [1.54, 1.807) is 7.05 Å². The standard InChI is InChI=1S/C14H29NO2/c1-3-4-5-6-7-8-9-10-11-12-13-17-14(16)15-2/h3-13H2,1-2H3,(H,15,16). The SMILES string of the molecule is CCCCCCCCCCCCOC(=O)NC. The predicted octanol–water partition coefficient (Wildman–Crippen LogP) is 4.26. The summed E-state index contributed by atoms with van der Waals surface area (Å²) in [5.41, 5.74) is 0. The summed E-state index contributed by atoms with van der Waals surface area (Å²) >= 11 is 0. The molecule has 0 saturated heterocycles. The van der Waals surface area contributed by atoms with Gasteiger partial charge in [-0.2, -0.15) is 0 Å². The van der Waals surface area contributed by atoms with E-state index in [1.807, 2.05) is 0 Å². The van der Waals surface area contributed by atoms with Crippen LogP contribution in [0.5, 0.6) is 0 Å². The molecule has 0 aromatic rings. The molecule has 0 aromatic heterocycles. The monoisotopic (exact) mass is 243 g/mol. The Bertz CT molecular complexity index is 172. The first-order valence-corrected chi connectivity index (χ1v) is 7.15. The minimum Gasteiger partial charge on any atom is -0.450 e. The molecular formula is C14H29NO2. The molecule has 0 aromatic carbocycles. The maximum Gasteiger partial charge on any atom is 0.406 e. The van der Waals surface area contributed by atoms with Crippen molar-refractivity contribution in [2.24, 2.45) is 0 Å².